The Morgan fingerprint density at radius 1 is 1.42 bits per heavy atom. The highest BCUT2D eigenvalue weighted by molar-refractivity contribution is 4.68. The Labute approximate surface area is 72.5 Å². The van der Waals surface area contributed by atoms with Crippen LogP contribution in [0.1, 0.15) is 12.8 Å². The molecule has 0 aromatic rings. The zero-order chi connectivity index (χ0) is 8.81. The first-order valence-corrected chi connectivity index (χ1v) is 4.44. The van der Waals surface area contributed by atoms with Crippen LogP contribution in [0.4, 0.5) is 0 Å². The fourth-order valence-electron chi connectivity index (χ4n) is 1.26. The summed E-state index contributed by atoms with van der Waals surface area (Å²) in [6.07, 6.45) is 1.53. The molecule has 1 rings (SSSR count). The van der Waals surface area contributed by atoms with E-state index in [4.69, 9.17) is 14.9 Å². The van der Waals surface area contributed by atoms with Crippen molar-refractivity contribution >= 4 is 0 Å². The van der Waals surface area contributed by atoms with Crippen molar-refractivity contribution in [3.05, 3.63) is 0 Å². The van der Waals surface area contributed by atoms with E-state index in [2.05, 4.69) is 5.32 Å². The number of hydrogen-bond donors (Lipinski definition) is 3. The molecular weight excluding hydrogens is 158 g/mol. The van der Waals surface area contributed by atoms with E-state index in [9.17, 15) is 0 Å². The number of rotatable bonds is 4. The van der Waals surface area contributed by atoms with Crippen molar-refractivity contribution in [3.63, 3.8) is 0 Å². The average Bonchev–Trinajstić information content (AvgIpc) is 2.16. The summed E-state index contributed by atoms with van der Waals surface area (Å²) >= 11 is 0. The monoisotopic (exact) mass is 175 g/mol. The lowest BCUT2D eigenvalue weighted by atomic mass is 10.1. The highest BCUT2D eigenvalue weighted by atomic mass is 16.5. The summed E-state index contributed by atoms with van der Waals surface area (Å²) in [5.74, 6) is 0. The van der Waals surface area contributed by atoms with Crippen LogP contribution in [0.15, 0.2) is 0 Å². The van der Waals surface area contributed by atoms with Crippen molar-refractivity contribution in [1.29, 1.82) is 0 Å². The molecule has 0 spiro atoms. The van der Waals surface area contributed by atoms with E-state index < -0.39 is 6.10 Å². The Hall–Kier alpha value is -0.160. The van der Waals surface area contributed by atoms with Gasteiger partial charge < -0.3 is 20.3 Å². The van der Waals surface area contributed by atoms with Crippen LogP contribution in [0.3, 0.4) is 0 Å². The van der Waals surface area contributed by atoms with Crippen LogP contribution in [0, 0.1) is 0 Å². The number of aliphatic hydroxyl groups excluding tert-OH is 2. The van der Waals surface area contributed by atoms with Crippen molar-refractivity contribution in [1.82, 2.24) is 5.32 Å². The first-order valence-electron chi connectivity index (χ1n) is 4.44. The second kappa shape index (κ2) is 5.48. The lowest BCUT2D eigenvalue weighted by molar-refractivity contribution is -0.0373. The molecule has 1 atom stereocenters. The van der Waals surface area contributed by atoms with Gasteiger partial charge in [0.2, 0.25) is 0 Å². The lowest BCUT2D eigenvalue weighted by Gasteiger charge is -2.23. The minimum Gasteiger partial charge on any atom is -0.394 e. The van der Waals surface area contributed by atoms with Gasteiger partial charge in [-0.3, -0.25) is 0 Å². The van der Waals surface area contributed by atoms with Crippen LogP contribution in [0.2, 0.25) is 0 Å². The molecule has 1 unspecified atom stereocenters. The largest absolute Gasteiger partial charge is 0.394 e. The van der Waals surface area contributed by atoms with Gasteiger partial charge in [-0.1, -0.05) is 0 Å². The van der Waals surface area contributed by atoms with Crippen LogP contribution in [-0.2, 0) is 4.74 Å². The smallest absolute Gasteiger partial charge is 0.100 e. The molecule has 0 aromatic heterocycles. The summed E-state index contributed by atoms with van der Waals surface area (Å²) in [6.45, 7) is 2.01. The van der Waals surface area contributed by atoms with E-state index in [0.29, 0.717) is 0 Å². The van der Waals surface area contributed by atoms with Gasteiger partial charge in [0.15, 0.2) is 0 Å². The normalized spacial score (nSPS) is 22.5. The summed E-state index contributed by atoms with van der Waals surface area (Å²) in [7, 11) is 0. The zero-order valence-electron chi connectivity index (χ0n) is 7.20. The van der Waals surface area contributed by atoms with Gasteiger partial charge in [-0.2, -0.15) is 0 Å². The molecule has 0 bridgehead atoms. The van der Waals surface area contributed by atoms with Crippen LogP contribution in [0.5, 0.6) is 0 Å². The fraction of sp³-hybridized carbons (Fsp3) is 1.00. The Bertz CT molecular complexity index is 115. The van der Waals surface area contributed by atoms with Crippen LogP contribution >= 0.6 is 0 Å². The molecule has 0 aromatic carbocycles. The van der Waals surface area contributed by atoms with Crippen LogP contribution in [0.25, 0.3) is 0 Å². The molecule has 0 radical (unpaired) electrons. The maximum atomic E-state index is 9.00. The van der Waals surface area contributed by atoms with E-state index in [1.807, 2.05) is 0 Å². The maximum absolute atomic E-state index is 9.00. The predicted octanol–water partition coefficient (Wildman–Crippen LogP) is -0.892. The Morgan fingerprint density at radius 3 is 2.67 bits per heavy atom. The number of hydrogen-bond acceptors (Lipinski definition) is 4. The lowest BCUT2D eigenvalue weighted by Crippen LogP contribution is -2.34. The third kappa shape index (κ3) is 3.49. The zero-order valence-corrected chi connectivity index (χ0v) is 7.20. The van der Waals surface area contributed by atoms with Crippen molar-refractivity contribution in [2.45, 2.75) is 25.0 Å². The van der Waals surface area contributed by atoms with Crippen molar-refractivity contribution in [2.75, 3.05) is 26.3 Å². The second-order valence-electron chi connectivity index (χ2n) is 3.12. The maximum Gasteiger partial charge on any atom is 0.100 e. The van der Waals surface area contributed by atoms with Gasteiger partial charge in [0, 0.05) is 0 Å². The molecule has 0 saturated carbocycles. The predicted molar refractivity (Wildman–Crippen MR) is 44.9 cm³/mol. The molecule has 1 aliphatic rings. The van der Waals surface area contributed by atoms with Gasteiger partial charge in [0.25, 0.3) is 0 Å². The minimum atomic E-state index is -0.722. The highest BCUT2D eigenvalue weighted by Crippen LogP contribution is 2.07. The third-order valence-corrected chi connectivity index (χ3v) is 2.02. The van der Waals surface area contributed by atoms with E-state index >= 15 is 0 Å². The summed E-state index contributed by atoms with van der Waals surface area (Å²) in [5, 5.41) is 20.7. The van der Waals surface area contributed by atoms with Gasteiger partial charge in [0.1, 0.15) is 6.10 Å². The summed E-state index contributed by atoms with van der Waals surface area (Å²) in [5.41, 5.74) is 0. The molecule has 72 valence electrons. The Kier molecular flexibility index (Phi) is 4.53. The molecule has 1 aliphatic heterocycles. The number of nitrogens with one attached hydrogen (secondary N) is 1. The summed E-state index contributed by atoms with van der Waals surface area (Å²) in [6, 6.07) is 0. The summed E-state index contributed by atoms with van der Waals surface area (Å²) in [4.78, 5) is 0. The molecule has 3 N–H and O–H groups in total. The first-order chi connectivity index (χ1) is 5.83. The van der Waals surface area contributed by atoms with Crippen molar-refractivity contribution < 1.29 is 14.9 Å². The van der Waals surface area contributed by atoms with Crippen molar-refractivity contribution in [3.8, 4) is 0 Å². The third-order valence-electron chi connectivity index (χ3n) is 2.02. The Morgan fingerprint density at radius 2 is 2.08 bits per heavy atom. The molecule has 12 heavy (non-hydrogen) atoms. The molecular formula is C8H17NO3. The van der Waals surface area contributed by atoms with E-state index in [-0.39, 0.29) is 19.3 Å². The minimum absolute atomic E-state index is 0.217. The van der Waals surface area contributed by atoms with Gasteiger partial charge in [-0.25, -0.2) is 0 Å². The molecule has 4 heteroatoms. The van der Waals surface area contributed by atoms with Gasteiger partial charge in [-0.05, 0) is 25.9 Å². The topological polar surface area (TPSA) is 61.7 Å². The highest BCUT2D eigenvalue weighted by Gasteiger charge is 2.14. The number of ether oxygens (including phenoxy) is 1. The molecule has 0 amide bonds. The molecule has 1 saturated heterocycles. The standard InChI is InChI=1S/C8H17NO3/c10-5-7(11)6-12-8-1-3-9-4-2-8/h7-11H,1-6H2. The van der Waals surface area contributed by atoms with Crippen molar-refractivity contribution in [2.24, 2.45) is 0 Å². The van der Waals surface area contributed by atoms with Gasteiger partial charge in [0.05, 0.1) is 19.3 Å². The van der Waals surface area contributed by atoms with Gasteiger partial charge >= 0.3 is 0 Å². The quantitative estimate of drug-likeness (QED) is 0.518. The first kappa shape index (κ1) is 9.92. The van der Waals surface area contributed by atoms with Gasteiger partial charge in [-0.15, -0.1) is 0 Å². The molecule has 1 fully saturated rings. The summed E-state index contributed by atoms with van der Waals surface area (Å²) < 4.78 is 5.39. The molecule has 4 nitrogen and oxygen atoms in total. The second-order valence-corrected chi connectivity index (χ2v) is 3.12. The SMILES string of the molecule is OCC(O)COC1CCNCC1. The number of aliphatic hydroxyl groups is 2. The average molecular weight is 175 g/mol. The molecule has 0 aliphatic carbocycles. The van der Waals surface area contributed by atoms with E-state index in [1.54, 1.807) is 0 Å². The number of piperidine rings is 1. The van der Waals surface area contributed by atoms with E-state index in [1.165, 1.54) is 0 Å². The van der Waals surface area contributed by atoms with Crippen LogP contribution < -0.4 is 5.32 Å². The Balaban J connectivity index is 2.05. The van der Waals surface area contributed by atoms with E-state index in [0.717, 1.165) is 25.9 Å². The molecule has 1 heterocycles. The van der Waals surface area contributed by atoms with Crippen LogP contribution in [-0.4, -0.2) is 48.7 Å². The fourth-order valence-corrected chi connectivity index (χ4v) is 1.26.